The summed E-state index contributed by atoms with van der Waals surface area (Å²) in [7, 11) is -1.56. The predicted molar refractivity (Wildman–Crippen MR) is 77.7 cm³/mol. The first kappa shape index (κ1) is 15.2. The molecular weight excluding hydrogens is 300 g/mol. The number of hydrogen-bond acceptors (Lipinski definition) is 7. The standard InChI is InChI=1S/C12H18N2O4S2/c1-18-11(15)5-4-9-8-19-12(14-9)13-7-10-3-2-6-20(10,16)17/h8,10H,2-7H2,1H3,(H,13,14). The molecule has 6 nitrogen and oxygen atoms in total. The summed E-state index contributed by atoms with van der Waals surface area (Å²) in [6, 6.07) is 0. The summed E-state index contributed by atoms with van der Waals surface area (Å²) in [5.41, 5.74) is 0.817. The number of carbonyl (C=O) groups excluding carboxylic acids is 1. The Morgan fingerprint density at radius 1 is 1.60 bits per heavy atom. The van der Waals surface area contributed by atoms with Gasteiger partial charge in [-0.1, -0.05) is 0 Å². The first-order valence-corrected chi connectivity index (χ1v) is 9.07. The Bertz CT molecular complexity index is 568. The molecule has 0 amide bonds. The number of thiazole rings is 1. The maximum atomic E-state index is 11.7. The highest BCUT2D eigenvalue weighted by Crippen LogP contribution is 2.22. The second kappa shape index (κ2) is 6.53. The zero-order valence-electron chi connectivity index (χ0n) is 11.3. The van der Waals surface area contributed by atoms with Crippen LogP contribution >= 0.6 is 11.3 Å². The lowest BCUT2D eigenvalue weighted by atomic mass is 10.2. The third-order valence-corrected chi connectivity index (χ3v) is 6.43. The van der Waals surface area contributed by atoms with Gasteiger partial charge in [0.25, 0.3) is 0 Å². The minimum atomic E-state index is -2.92. The SMILES string of the molecule is COC(=O)CCc1csc(NCC2CCCS2(=O)=O)n1. The summed E-state index contributed by atoms with van der Waals surface area (Å²) in [5.74, 6) is 0.0336. The Kier molecular flexibility index (Phi) is 4.98. The smallest absolute Gasteiger partial charge is 0.305 e. The van der Waals surface area contributed by atoms with Gasteiger partial charge in [-0.2, -0.15) is 0 Å². The first-order valence-electron chi connectivity index (χ1n) is 6.48. The van der Waals surface area contributed by atoms with Crippen LogP contribution < -0.4 is 5.32 Å². The normalized spacial score (nSPS) is 20.8. The first-order chi connectivity index (χ1) is 9.51. The molecule has 0 bridgehead atoms. The number of aromatic nitrogens is 1. The van der Waals surface area contributed by atoms with Crippen LogP contribution in [0, 0.1) is 0 Å². The van der Waals surface area contributed by atoms with E-state index in [2.05, 4.69) is 15.0 Å². The van der Waals surface area contributed by atoms with E-state index in [9.17, 15) is 13.2 Å². The lowest BCUT2D eigenvalue weighted by molar-refractivity contribution is -0.140. The van der Waals surface area contributed by atoms with Gasteiger partial charge in [-0.25, -0.2) is 13.4 Å². The molecule has 2 rings (SSSR count). The van der Waals surface area contributed by atoms with Crippen LogP contribution in [0.5, 0.6) is 0 Å². The maximum Gasteiger partial charge on any atom is 0.305 e. The Balaban J connectivity index is 1.82. The Morgan fingerprint density at radius 3 is 3.05 bits per heavy atom. The molecule has 1 aliphatic heterocycles. The summed E-state index contributed by atoms with van der Waals surface area (Å²) in [6.07, 6.45) is 2.30. The average Bonchev–Trinajstić information content (AvgIpc) is 2.99. The number of nitrogens with one attached hydrogen (secondary N) is 1. The number of rotatable bonds is 6. The van der Waals surface area contributed by atoms with Crippen molar-refractivity contribution in [2.24, 2.45) is 0 Å². The second-order valence-corrected chi connectivity index (χ2v) is 7.99. The summed E-state index contributed by atoms with van der Waals surface area (Å²) in [6.45, 7) is 0.409. The molecule has 1 aromatic rings. The molecule has 20 heavy (non-hydrogen) atoms. The van der Waals surface area contributed by atoms with E-state index < -0.39 is 9.84 Å². The van der Waals surface area contributed by atoms with E-state index in [0.717, 1.165) is 18.5 Å². The largest absolute Gasteiger partial charge is 0.469 e. The molecule has 0 spiro atoms. The van der Waals surface area contributed by atoms with Crippen molar-refractivity contribution in [3.63, 3.8) is 0 Å². The Labute approximate surface area is 122 Å². The Morgan fingerprint density at radius 2 is 2.40 bits per heavy atom. The van der Waals surface area contributed by atoms with Gasteiger partial charge in [0, 0.05) is 18.3 Å². The quantitative estimate of drug-likeness (QED) is 0.794. The van der Waals surface area contributed by atoms with Gasteiger partial charge in [-0.05, 0) is 12.8 Å². The number of methoxy groups -OCH3 is 1. The number of nitrogens with zero attached hydrogens (tertiary/aromatic N) is 1. The van der Waals surface area contributed by atoms with Crippen LogP contribution in [0.3, 0.4) is 0 Å². The van der Waals surface area contributed by atoms with E-state index in [-0.39, 0.29) is 11.2 Å². The van der Waals surface area contributed by atoms with Crippen LogP contribution in [-0.2, 0) is 25.8 Å². The second-order valence-electron chi connectivity index (χ2n) is 4.73. The molecule has 0 aliphatic carbocycles. The van der Waals surface area contributed by atoms with Crippen molar-refractivity contribution in [2.45, 2.75) is 30.9 Å². The molecule has 112 valence electrons. The van der Waals surface area contributed by atoms with Gasteiger partial charge in [0.05, 0.1) is 30.2 Å². The summed E-state index contributed by atoms with van der Waals surface area (Å²) >= 11 is 1.42. The van der Waals surface area contributed by atoms with Crippen LogP contribution in [0.15, 0.2) is 5.38 Å². The fourth-order valence-electron chi connectivity index (χ4n) is 2.12. The summed E-state index contributed by atoms with van der Waals surface area (Å²) < 4.78 is 28.0. The van der Waals surface area contributed by atoms with Gasteiger partial charge in [-0.15, -0.1) is 11.3 Å². The highest BCUT2D eigenvalue weighted by Gasteiger charge is 2.30. The van der Waals surface area contributed by atoms with E-state index in [1.54, 1.807) is 0 Å². The zero-order chi connectivity index (χ0) is 14.6. The zero-order valence-corrected chi connectivity index (χ0v) is 12.9. The van der Waals surface area contributed by atoms with Crippen molar-refractivity contribution in [3.05, 3.63) is 11.1 Å². The van der Waals surface area contributed by atoms with Gasteiger partial charge in [0.15, 0.2) is 15.0 Å². The monoisotopic (exact) mass is 318 g/mol. The molecule has 1 aromatic heterocycles. The van der Waals surface area contributed by atoms with Crippen LogP contribution in [0.2, 0.25) is 0 Å². The van der Waals surface area contributed by atoms with Crippen molar-refractivity contribution < 1.29 is 17.9 Å². The topological polar surface area (TPSA) is 85.4 Å². The van der Waals surface area contributed by atoms with Crippen LogP contribution in [0.25, 0.3) is 0 Å². The number of anilines is 1. The number of sulfone groups is 1. The van der Waals surface area contributed by atoms with Crippen molar-refractivity contribution in [1.82, 2.24) is 4.98 Å². The van der Waals surface area contributed by atoms with Crippen LogP contribution in [-0.4, -0.2) is 44.0 Å². The van der Waals surface area contributed by atoms with Gasteiger partial charge < -0.3 is 10.1 Å². The molecule has 1 unspecified atom stereocenters. The molecule has 1 N–H and O–H groups in total. The summed E-state index contributed by atoms with van der Waals surface area (Å²) in [4.78, 5) is 15.4. The molecule has 1 aliphatic rings. The predicted octanol–water partition coefficient (Wildman–Crippen LogP) is 1.24. The highest BCUT2D eigenvalue weighted by molar-refractivity contribution is 7.92. The number of aryl methyl sites for hydroxylation is 1. The molecule has 1 atom stereocenters. The molecule has 1 saturated heterocycles. The third kappa shape index (κ3) is 3.92. The molecule has 8 heteroatoms. The van der Waals surface area contributed by atoms with E-state index in [1.165, 1.54) is 18.4 Å². The lowest BCUT2D eigenvalue weighted by Crippen LogP contribution is -2.24. The lowest BCUT2D eigenvalue weighted by Gasteiger charge is -2.09. The van der Waals surface area contributed by atoms with E-state index in [1.807, 2.05) is 5.38 Å². The van der Waals surface area contributed by atoms with Gasteiger partial charge in [0.2, 0.25) is 0 Å². The van der Waals surface area contributed by atoms with Gasteiger partial charge >= 0.3 is 5.97 Å². The van der Waals surface area contributed by atoms with Crippen molar-refractivity contribution in [3.8, 4) is 0 Å². The van der Waals surface area contributed by atoms with Crippen molar-refractivity contribution in [1.29, 1.82) is 0 Å². The number of carbonyl (C=O) groups is 1. The molecular formula is C12H18N2O4S2. The van der Waals surface area contributed by atoms with Gasteiger partial charge in [-0.3, -0.25) is 4.79 Å². The van der Waals surface area contributed by atoms with Gasteiger partial charge in [0.1, 0.15) is 0 Å². The summed E-state index contributed by atoms with van der Waals surface area (Å²) in [5, 5.41) is 5.35. The highest BCUT2D eigenvalue weighted by atomic mass is 32.2. The molecule has 0 radical (unpaired) electrons. The third-order valence-electron chi connectivity index (χ3n) is 3.31. The van der Waals surface area contributed by atoms with E-state index >= 15 is 0 Å². The van der Waals surface area contributed by atoms with E-state index in [0.29, 0.717) is 30.3 Å². The fraction of sp³-hybridized carbons (Fsp3) is 0.667. The van der Waals surface area contributed by atoms with Crippen molar-refractivity contribution in [2.75, 3.05) is 24.7 Å². The molecule has 0 saturated carbocycles. The van der Waals surface area contributed by atoms with E-state index in [4.69, 9.17) is 0 Å². The number of hydrogen-bond donors (Lipinski definition) is 1. The number of esters is 1. The molecule has 2 heterocycles. The minimum absolute atomic E-state index is 0.260. The average molecular weight is 318 g/mol. The number of ether oxygens (including phenoxy) is 1. The van der Waals surface area contributed by atoms with Crippen LogP contribution in [0.1, 0.15) is 25.0 Å². The van der Waals surface area contributed by atoms with Crippen LogP contribution in [0.4, 0.5) is 5.13 Å². The maximum absolute atomic E-state index is 11.7. The Hall–Kier alpha value is -1.15. The minimum Gasteiger partial charge on any atom is -0.469 e. The fourth-order valence-corrected chi connectivity index (χ4v) is 4.64. The molecule has 0 aromatic carbocycles. The molecule has 1 fully saturated rings. The van der Waals surface area contributed by atoms with Crippen molar-refractivity contribution >= 4 is 32.3 Å².